The molecule has 0 fully saturated rings. The van der Waals surface area contributed by atoms with E-state index < -0.39 is 0 Å². The van der Waals surface area contributed by atoms with Crippen LogP contribution in [0.15, 0.2) is 83.0 Å². The summed E-state index contributed by atoms with van der Waals surface area (Å²) >= 11 is 3.98. The van der Waals surface area contributed by atoms with Crippen molar-refractivity contribution in [2.45, 2.75) is 13.5 Å². The minimum absolute atomic E-state index is 0.779. The van der Waals surface area contributed by atoms with Crippen LogP contribution >= 0.6 is 33.9 Å². The smallest absolute Gasteiger partial charge is 0.211 e. The van der Waals surface area contributed by atoms with Crippen LogP contribution in [0.2, 0.25) is 0 Å². The molecule has 1 heterocycles. The maximum Gasteiger partial charge on any atom is 0.211 e. The molecule has 134 valence electrons. The zero-order chi connectivity index (χ0) is 18.6. The van der Waals surface area contributed by atoms with Crippen molar-refractivity contribution in [2.75, 3.05) is 0 Å². The van der Waals surface area contributed by atoms with Gasteiger partial charge < -0.3 is 4.57 Å². The van der Waals surface area contributed by atoms with E-state index in [1.807, 2.05) is 24.4 Å². The Balaban J connectivity index is 1.77. The number of nitrogens with zero attached hydrogens (tertiary/aromatic N) is 3. The molecule has 0 saturated heterocycles. The summed E-state index contributed by atoms with van der Waals surface area (Å²) in [5.41, 5.74) is 4.75. The van der Waals surface area contributed by atoms with Crippen LogP contribution < -0.4 is 4.80 Å². The minimum atomic E-state index is 0.779. The van der Waals surface area contributed by atoms with Gasteiger partial charge in [-0.15, -0.1) is 5.10 Å². The Kier molecular flexibility index (Phi) is 5.50. The highest BCUT2D eigenvalue weighted by Crippen LogP contribution is 2.20. The SMILES string of the molecule is Cc1ccc2c(c1)s/c(=N/N=C/c1cccc(I)c1)n2Cc1ccccc1. The average Bonchev–Trinajstić information content (AvgIpc) is 2.99. The summed E-state index contributed by atoms with van der Waals surface area (Å²) in [6, 6.07) is 25.2. The Morgan fingerprint density at radius 3 is 2.67 bits per heavy atom. The molecular formula is C22H18IN3S. The van der Waals surface area contributed by atoms with Crippen molar-refractivity contribution in [1.82, 2.24) is 4.57 Å². The lowest BCUT2D eigenvalue weighted by molar-refractivity contribution is 0.789. The molecule has 0 saturated carbocycles. The van der Waals surface area contributed by atoms with Crippen molar-refractivity contribution in [3.63, 3.8) is 0 Å². The number of halogens is 1. The maximum atomic E-state index is 4.54. The van der Waals surface area contributed by atoms with E-state index >= 15 is 0 Å². The molecule has 0 spiro atoms. The van der Waals surface area contributed by atoms with E-state index in [9.17, 15) is 0 Å². The second-order valence-electron chi connectivity index (χ2n) is 6.33. The number of hydrogen-bond donors (Lipinski definition) is 0. The van der Waals surface area contributed by atoms with Gasteiger partial charge in [-0.25, -0.2) is 0 Å². The van der Waals surface area contributed by atoms with Crippen LogP contribution in [-0.2, 0) is 6.54 Å². The van der Waals surface area contributed by atoms with Gasteiger partial charge in [0, 0.05) is 3.57 Å². The van der Waals surface area contributed by atoms with Crippen LogP contribution in [-0.4, -0.2) is 10.8 Å². The van der Waals surface area contributed by atoms with Crippen LogP contribution in [0.4, 0.5) is 0 Å². The first-order valence-corrected chi connectivity index (χ1v) is 10.6. The van der Waals surface area contributed by atoms with Gasteiger partial charge >= 0.3 is 0 Å². The summed E-state index contributed by atoms with van der Waals surface area (Å²) in [6.07, 6.45) is 1.81. The van der Waals surface area contributed by atoms with Gasteiger partial charge in [-0.1, -0.05) is 59.9 Å². The summed E-state index contributed by atoms with van der Waals surface area (Å²) in [7, 11) is 0. The number of fused-ring (bicyclic) bond motifs is 1. The third-order valence-electron chi connectivity index (χ3n) is 4.22. The molecule has 0 unspecified atom stereocenters. The molecule has 0 amide bonds. The van der Waals surface area contributed by atoms with Crippen LogP contribution in [0, 0.1) is 10.5 Å². The molecule has 4 aromatic rings. The lowest BCUT2D eigenvalue weighted by Gasteiger charge is -2.05. The monoisotopic (exact) mass is 483 g/mol. The van der Waals surface area contributed by atoms with Crippen LogP contribution in [0.25, 0.3) is 10.2 Å². The summed E-state index contributed by atoms with van der Waals surface area (Å²) in [5.74, 6) is 0. The Morgan fingerprint density at radius 1 is 1.00 bits per heavy atom. The Labute approximate surface area is 175 Å². The molecule has 0 bridgehead atoms. The molecule has 3 aromatic carbocycles. The van der Waals surface area contributed by atoms with Gasteiger partial charge in [-0.2, -0.15) is 5.10 Å². The fourth-order valence-electron chi connectivity index (χ4n) is 2.91. The molecule has 0 N–H and O–H groups in total. The predicted octanol–water partition coefficient (Wildman–Crippen LogP) is 5.60. The molecule has 4 rings (SSSR count). The molecule has 5 heteroatoms. The van der Waals surface area contributed by atoms with E-state index in [2.05, 4.69) is 98.9 Å². The third kappa shape index (κ3) is 4.36. The third-order valence-corrected chi connectivity index (χ3v) is 5.92. The maximum absolute atomic E-state index is 4.54. The first-order valence-electron chi connectivity index (χ1n) is 8.65. The first kappa shape index (κ1) is 18.1. The Morgan fingerprint density at radius 2 is 1.85 bits per heavy atom. The highest BCUT2D eigenvalue weighted by molar-refractivity contribution is 14.1. The van der Waals surface area contributed by atoms with Crippen molar-refractivity contribution in [3.05, 3.63) is 97.9 Å². The zero-order valence-electron chi connectivity index (χ0n) is 14.8. The van der Waals surface area contributed by atoms with Gasteiger partial charge in [0.05, 0.1) is 23.0 Å². The number of thiazole rings is 1. The number of aryl methyl sites for hydroxylation is 1. The molecule has 0 atom stereocenters. The van der Waals surface area contributed by atoms with Crippen molar-refractivity contribution < 1.29 is 0 Å². The normalized spacial score (nSPS) is 12.3. The zero-order valence-corrected chi connectivity index (χ0v) is 17.8. The predicted molar refractivity (Wildman–Crippen MR) is 122 cm³/mol. The highest BCUT2D eigenvalue weighted by atomic mass is 127. The van der Waals surface area contributed by atoms with E-state index in [1.165, 1.54) is 24.9 Å². The largest absolute Gasteiger partial charge is 0.311 e. The molecule has 0 radical (unpaired) electrons. The lowest BCUT2D eigenvalue weighted by Crippen LogP contribution is -2.15. The van der Waals surface area contributed by atoms with Crippen LogP contribution in [0.1, 0.15) is 16.7 Å². The van der Waals surface area contributed by atoms with E-state index in [4.69, 9.17) is 0 Å². The summed E-state index contributed by atoms with van der Waals surface area (Å²) < 4.78 is 4.66. The molecule has 3 nitrogen and oxygen atoms in total. The fourth-order valence-corrected chi connectivity index (χ4v) is 4.56. The highest BCUT2D eigenvalue weighted by Gasteiger charge is 2.07. The molecule has 1 aromatic heterocycles. The van der Waals surface area contributed by atoms with Gasteiger partial charge in [0.15, 0.2) is 0 Å². The van der Waals surface area contributed by atoms with Gasteiger partial charge in [0.1, 0.15) is 0 Å². The summed E-state index contributed by atoms with van der Waals surface area (Å²) in [4.78, 5) is 0.904. The quantitative estimate of drug-likeness (QED) is 0.206. The summed E-state index contributed by atoms with van der Waals surface area (Å²) in [5, 5.41) is 8.90. The van der Waals surface area contributed by atoms with Crippen LogP contribution in [0.3, 0.4) is 0 Å². The van der Waals surface area contributed by atoms with Crippen molar-refractivity contribution in [1.29, 1.82) is 0 Å². The van der Waals surface area contributed by atoms with Crippen molar-refractivity contribution in [2.24, 2.45) is 10.2 Å². The minimum Gasteiger partial charge on any atom is -0.311 e. The molecule has 0 aliphatic rings. The second kappa shape index (κ2) is 8.19. The first-order chi connectivity index (χ1) is 13.2. The van der Waals surface area contributed by atoms with Crippen LogP contribution in [0.5, 0.6) is 0 Å². The molecule has 0 aliphatic heterocycles. The number of benzene rings is 3. The summed E-state index contributed by atoms with van der Waals surface area (Å²) in [6.45, 7) is 2.90. The van der Waals surface area contributed by atoms with Gasteiger partial charge in [-0.3, -0.25) is 0 Å². The van der Waals surface area contributed by atoms with E-state index in [0.717, 1.165) is 16.9 Å². The van der Waals surface area contributed by atoms with Crippen molar-refractivity contribution in [3.8, 4) is 0 Å². The van der Waals surface area contributed by atoms with Gasteiger partial charge in [0.2, 0.25) is 4.80 Å². The topological polar surface area (TPSA) is 29.6 Å². The van der Waals surface area contributed by atoms with Gasteiger partial charge in [0.25, 0.3) is 0 Å². The molecular weight excluding hydrogens is 465 g/mol. The number of rotatable bonds is 4. The molecule has 0 aliphatic carbocycles. The Bertz CT molecular complexity index is 1170. The Hall–Kier alpha value is -2.25. The van der Waals surface area contributed by atoms with E-state index in [1.54, 1.807) is 11.3 Å². The second-order valence-corrected chi connectivity index (χ2v) is 8.58. The van der Waals surface area contributed by atoms with Gasteiger partial charge in [-0.05, 0) is 70.5 Å². The number of aromatic nitrogens is 1. The average molecular weight is 483 g/mol. The van der Waals surface area contributed by atoms with E-state index in [0.29, 0.717) is 0 Å². The van der Waals surface area contributed by atoms with E-state index in [-0.39, 0.29) is 0 Å². The fraction of sp³-hybridized carbons (Fsp3) is 0.0909. The molecule has 27 heavy (non-hydrogen) atoms. The lowest BCUT2D eigenvalue weighted by atomic mass is 10.2. The van der Waals surface area contributed by atoms with Crippen molar-refractivity contribution >= 4 is 50.4 Å². The standard InChI is InChI=1S/C22H18IN3S/c1-16-10-11-20-21(12-16)27-22(26(20)15-17-6-3-2-4-7-17)25-24-14-18-8-5-9-19(23)13-18/h2-14H,15H2,1H3/b24-14+,25-22+. The number of hydrogen-bond acceptors (Lipinski definition) is 3.